The first-order chi connectivity index (χ1) is 11.7. The van der Waals surface area contributed by atoms with Crippen molar-refractivity contribution in [2.24, 2.45) is 5.18 Å². The predicted molar refractivity (Wildman–Crippen MR) is 92.6 cm³/mol. The minimum absolute atomic E-state index is 0.0621. The number of aromatic nitrogens is 1. The minimum Gasteiger partial charge on any atom is -0.493 e. The summed E-state index contributed by atoms with van der Waals surface area (Å²) >= 11 is 6.12. The monoisotopic (exact) mass is 346 g/mol. The zero-order valence-electron chi connectivity index (χ0n) is 12.9. The maximum atomic E-state index is 11.1. The second-order valence-corrected chi connectivity index (χ2v) is 5.46. The molecule has 0 saturated heterocycles. The van der Waals surface area contributed by atoms with Gasteiger partial charge in [0.05, 0.1) is 29.6 Å². The predicted octanol–water partition coefficient (Wildman–Crippen LogP) is 4.49. The molecular weight excluding hydrogens is 332 g/mol. The molecule has 0 radical (unpaired) electrons. The fraction of sp³-hybridized carbons (Fsp3) is 0.176. The molecule has 0 amide bonds. The number of nitroso groups, excluding NO2 is 1. The van der Waals surface area contributed by atoms with Crippen LogP contribution in [0.1, 0.15) is 0 Å². The van der Waals surface area contributed by atoms with Gasteiger partial charge in [-0.2, -0.15) is 0 Å². The minimum atomic E-state index is -0.225. The van der Waals surface area contributed by atoms with E-state index in [1.807, 2.05) is 12.1 Å². The van der Waals surface area contributed by atoms with E-state index >= 15 is 0 Å². The van der Waals surface area contributed by atoms with Gasteiger partial charge in [-0.25, -0.2) is 0 Å². The molecule has 0 unspecified atom stereocenters. The molecule has 3 rings (SSSR count). The molecule has 0 bridgehead atoms. The number of aromatic hydroxyl groups is 1. The van der Waals surface area contributed by atoms with E-state index in [0.717, 1.165) is 0 Å². The maximum absolute atomic E-state index is 11.1. The van der Waals surface area contributed by atoms with Crippen LogP contribution < -0.4 is 9.47 Å². The number of rotatable bonds is 6. The van der Waals surface area contributed by atoms with Crippen LogP contribution in [-0.2, 0) is 6.54 Å². The second kappa shape index (κ2) is 6.80. The molecule has 0 saturated carbocycles. The second-order valence-electron chi connectivity index (χ2n) is 5.05. The Morgan fingerprint density at radius 2 is 1.92 bits per heavy atom. The number of nitrogens with zero attached hydrogens (tertiary/aromatic N) is 2. The lowest BCUT2D eigenvalue weighted by Gasteiger charge is -2.11. The largest absolute Gasteiger partial charge is 0.493 e. The zero-order valence-corrected chi connectivity index (χ0v) is 13.7. The highest BCUT2D eigenvalue weighted by Crippen LogP contribution is 2.42. The summed E-state index contributed by atoms with van der Waals surface area (Å²) in [6.07, 6.45) is 0. The van der Waals surface area contributed by atoms with Gasteiger partial charge in [0.15, 0.2) is 17.2 Å². The molecule has 1 aromatic heterocycles. The molecule has 3 aromatic rings. The van der Waals surface area contributed by atoms with Crippen molar-refractivity contribution in [1.82, 2.24) is 4.57 Å². The van der Waals surface area contributed by atoms with Crippen LogP contribution in [0.5, 0.6) is 17.4 Å². The number of hydrogen-bond donors (Lipinski definition) is 1. The third-order valence-electron chi connectivity index (χ3n) is 3.72. The Morgan fingerprint density at radius 1 is 1.17 bits per heavy atom. The number of ether oxygens (including phenoxy) is 2. The van der Waals surface area contributed by atoms with Crippen molar-refractivity contribution in [2.45, 2.75) is 6.54 Å². The number of benzene rings is 2. The summed E-state index contributed by atoms with van der Waals surface area (Å²) in [4.78, 5) is 11.1. The first-order valence-corrected chi connectivity index (χ1v) is 7.64. The Balaban J connectivity index is 1.87. The normalized spacial score (nSPS) is 10.8. The van der Waals surface area contributed by atoms with E-state index < -0.39 is 0 Å². The van der Waals surface area contributed by atoms with Crippen molar-refractivity contribution in [2.75, 3.05) is 13.7 Å². The Hall–Kier alpha value is -2.73. The summed E-state index contributed by atoms with van der Waals surface area (Å²) < 4.78 is 12.5. The third-order valence-corrected chi connectivity index (χ3v) is 4.03. The van der Waals surface area contributed by atoms with Crippen LogP contribution in [0.15, 0.2) is 47.6 Å². The van der Waals surface area contributed by atoms with Gasteiger partial charge in [-0.3, -0.25) is 0 Å². The molecular formula is C17H15ClN2O4. The molecule has 7 heteroatoms. The number of halogens is 1. The zero-order chi connectivity index (χ0) is 17.1. The van der Waals surface area contributed by atoms with E-state index in [1.54, 1.807) is 42.0 Å². The molecule has 24 heavy (non-hydrogen) atoms. The number of fused-ring (bicyclic) bond motifs is 1. The molecule has 0 aliphatic rings. The summed E-state index contributed by atoms with van der Waals surface area (Å²) in [6.45, 7) is 0.582. The van der Waals surface area contributed by atoms with Crippen LogP contribution in [-0.4, -0.2) is 23.4 Å². The molecule has 124 valence electrons. The highest BCUT2D eigenvalue weighted by molar-refractivity contribution is 6.36. The first kappa shape index (κ1) is 16.1. The van der Waals surface area contributed by atoms with Gasteiger partial charge in [-0.05, 0) is 29.4 Å². The van der Waals surface area contributed by atoms with E-state index in [-0.39, 0.29) is 18.2 Å². The summed E-state index contributed by atoms with van der Waals surface area (Å²) in [5.41, 5.74) is 0.561. The Bertz CT molecular complexity index is 892. The fourth-order valence-corrected chi connectivity index (χ4v) is 2.88. The molecule has 0 atom stereocenters. The molecule has 1 N–H and O–H groups in total. The number of methoxy groups -OCH3 is 1. The SMILES string of the molecule is COc1ccccc1OCCn1c(O)c(N=O)c2c(Cl)cccc21. The summed E-state index contributed by atoms with van der Waals surface area (Å²) in [5.74, 6) is 0.997. The smallest absolute Gasteiger partial charge is 0.222 e. The van der Waals surface area contributed by atoms with Crippen LogP contribution in [0.2, 0.25) is 5.02 Å². The molecule has 1 heterocycles. The van der Waals surface area contributed by atoms with E-state index in [0.29, 0.717) is 34.0 Å². The van der Waals surface area contributed by atoms with Crippen molar-refractivity contribution in [3.63, 3.8) is 0 Å². The summed E-state index contributed by atoms with van der Waals surface area (Å²) in [7, 11) is 1.57. The summed E-state index contributed by atoms with van der Waals surface area (Å²) in [5, 5.41) is 14.0. The van der Waals surface area contributed by atoms with Crippen LogP contribution in [0.3, 0.4) is 0 Å². The molecule has 0 fully saturated rings. The number of para-hydroxylation sites is 2. The highest BCUT2D eigenvalue weighted by Gasteiger charge is 2.19. The van der Waals surface area contributed by atoms with Gasteiger partial charge in [0.2, 0.25) is 5.88 Å². The van der Waals surface area contributed by atoms with Crippen LogP contribution in [0, 0.1) is 4.91 Å². The Kier molecular flexibility index (Phi) is 4.57. The molecule has 2 aromatic carbocycles. The van der Waals surface area contributed by atoms with Gasteiger partial charge in [-0.1, -0.05) is 29.8 Å². The van der Waals surface area contributed by atoms with Crippen molar-refractivity contribution in [3.05, 3.63) is 52.4 Å². The van der Waals surface area contributed by atoms with Gasteiger partial charge >= 0.3 is 0 Å². The lowest BCUT2D eigenvalue weighted by atomic mass is 10.2. The molecule has 0 aliphatic carbocycles. The van der Waals surface area contributed by atoms with Gasteiger partial charge in [0.25, 0.3) is 0 Å². The van der Waals surface area contributed by atoms with E-state index in [4.69, 9.17) is 21.1 Å². The van der Waals surface area contributed by atoms with Crippen molar-refractivity contribution in [1.29, 1.82) is 0 Å². The van der Waals surface area contributed by atoms with Gasteiger partial charge in [0.1, 0.15) is 6.61 Å². The maximum Gasteiger partial charge on any atom is 0.222 e. The standard InChI is InChI=1S/C17H15ClN2O4/c1-23-13-7-2-3-8-14(13)24-10-9-20-12-6-4-5-11(18)15(12)16(19-22)17(20)21/h2-8,21H,9-10H2,1H3. The van der Waals surface area contributed by atoms with E-state index in [9.17, 15) is 10.0 Å². The lowest BCUT2D eigenvalue weighted by molar-refractivity contribution is 0.274. The Morgan fingerprint density at radius 3 is 2.62 bits per heavy atom. The van der Waals surface area contributed by atoms with E-state index in [1.165, 1.54) is 0 Å². The van der Waals surface area contributed by atoms with Crippen molar-refractivity contribution < 1.29 is 14.6 Å². The van der Waals surface area contributed by atoms with Crippen LogP contribution >= 0.6 is 11.6 Å². The molecule has 0 spiro atoms. The third kappa shape index (κ3) is 2.76. The number of hydrogen-bond acceptors (Lipinski definition) is 5. The quantitative estimate of drug-likeness (QED) is 0.667. The van der Waals surface area contributed by atoms with E-state index in [2.05, 4.69) is 5.18 Å². The van der Waals surface area contributed by atoms with Crippen LogP contribution in [0.4, 0.5) is 5.69 Å². The topological polar surface area (TPSA) is 73.1 Å². The molecule has 0 aliphatic heterocycles. The van der Waals surface area contributed by atoms with Crippen molar-refractivity contribution in [3.8, 4) is 17.4 Å². The van der Waals surface area contributed by atoms with Crippen molar-refractivity contribution >= 4 is 28.2 Å². The summed E-state index contributed by atoms with van der Waals surface area (Å²) in [6, 6.07) is 12.4. The average Bonchev–Trinajstić information content (AvgIpc) is 2.88. The average molecular weight is 347 g/mol. The highest BCUT2D eigenvalue weighted by atomic mass is 35.5. The van der Waals surface area contributed by atoms with Gasteiger partial charge in [0, 0.05) is 0 Å². The molecule has 6 nitrogen and oxygen atoms in total. The first-order valence-electron chi connectivity index (χ1n) is 7.26. The van der Waals surface area contributed by atoms with Gasteiger partial charge in [-0.15, -0.1) is 4.91 Å². The fourth-order valence-electron chi connectivity index (χ4n) is 2.62. The van der Waals surface area contributed by atoms with Gasteiger partial charge < -0.3 is 19.1 Å². The van der Waals surface area contributed by atoms with Crippen LogP contribution in [0.25, 0.3) is 10.9 Å². The Labute approximate surface area is 143 Å². The lowest BCUT2D eigenvalue weighted by Crippen LogP contribution is -2.08.